The number of hydrogen-bond donors (Lipinski definition) is 0. The summed E-state index contributed by atoms with van der Waals surface area (Å²) in [6.45, 7) is 0. The molecule has 0 fully saturated rings. The third-order valence-electron chi connectivity index (χ3n) is 3.47. The fourth-order valence-electron chi connectivity index (χ4n) is 2.24. The summed E-state index contributed by atoms with van der Waals surface area (Å²) in [7, 11) is 0. The molecule has 3 heteroatoms. The van der Waals surface area contributed by atoms with Crippen LogP contribution in [-0.2, 0) is 0 Å². The van der Waals surface area contributed by atoms with Crippen LogP contribution in [0.5, 0.6) is 0 Å². The first kappa shape index (κ1) is 14.7. The second-order valence-electron chi connectivity index (χ2n) is 5.08. The summed E-state index contributed by atoms with van der Waals surface area (Å²) >= 11 is 0. The van der Waals surface area contributed by atoms with E-state index in [0.29, 0.717) is 11.1 Å². The highest BCUT2D eigenvalue weighted by Crippen LogP contribution is 2.14. The Morgan fingerprint density at radius 3 is 1.83 bits per heavy atom. The summed E-state index contributed by atoms with van der Waals surface area (Å²) < 4.78 is 0. The molecule has 0 saturated heterocycles. The van der Waals surface area contributed by atoms with Gasteiger partial charge in [0, 0.05) is 23.5 Å². The number of ketones is 1. The molecule has 0 radical (unpaired) electrons. The average Bonchev–Trinajstić information content (AvgIpc) is 2.63. The topological polar surface area (TPSA) is 37.4 Å². The summed E-state index contributed by atoms with van der Waals surface area (Å²) in [6, 6.07) is 18.2. The van der Waals surface area contributed by atoms with Gasteiger partial charge in [0.2, 0.25) is 0 Å². The monoisotopic (exact) mass is 301 g/mol. The molecule has 2 aromatic carbocycles. The Labute approximate surface area is 134 Å². The predicted molar refractivity (Wildman–Crippen MR) is 89.7 cm³/mol. The number of benzene rings is 2. The Morgan fingerprint density at radius 1 is 0.739 bits per heavy atom. The van der Waals surface area contributed by atoms with Crippen LogP contribution < -0.4 is 0 Å². The van der Waals surface area contributed by atoms with Gasteiger partial charge in [-0.3, -0.25) is 14.5 Å². The second kappa shape index (κ2) is 6.71. The van der Waals surface area contributed by atoms with Crippen molar-refractivity contribution in [3.05, 3.63) is 108 Å². The van der Waals surface area contributed by atoms with Crippen LogP contribution in [0.25, 0.3) is 0 Å². The molecule has 112 valence electrons. The molecule has 0 aliphatic carbocycles. The fourth-order valence-corrected chi connectivity index (χ4v) is 2.24. The van der Waals surface area contributed by atoms with Crippen LogP contribution in [0.15, 0.2) is 96.9 Å². The molecule has 1 amide bonds. The van der Waals surface area contributed by atoms with Gasteiger partial charge in [0.1, 0.15) is 0 Å². The van der Waals surface area contributed by atoms with Gasteiger partial charge in [-0.25, -0.2) is 0 Å². The zero-order chi connectivity index (χ0) is 16.1. The van der Waals surface area contributed by atoms with Crippen molar-refractivity contribution in [1.82, 2.24) is 4.90 Å². The molecular weight excluding hydrogens is 286 g/mol. The van der Waals surface area contributed by atoms with Crippen molar-refractivity contribution in [3.63, 3.8) is 0 Å². The summed E-state index contributed by atoms with van der Waals surface area (Å²) in [5, 5.41) is 0. The van der Waals surface area contributed by atoms with E-state index >= 15 is 0 Å². The van der Waals surface area contributed by atoms with Gasteiger partial charge in [0.25, 0.3) is 5.91 Å². The van der Waals surface area contributed by atoms with E-state index in [9.17, 15) is 9.59 Å². The maximum atomic E-state index is 12.3. The molecule has 0 spiro atoms. The van der Waals surface area contributed by atoms with Crippen LogP contribution in [0.2, 0.25) is 0 Å². The lowest BCUT2D eigenvalue weighted by atomic mass is 10.1. The highest BCUT2D eigenvalue weighted by atomic mass is 16.2. The molecule has 0 unspecified atom stereocenters. The van der Waals surface area contributed by atoms with Crippen LogP contribution >= 0.6 is 0 Å². The molecule has 0 saturated carbocycles. The zero-order valence-electron chi connectivity index (χ0n) is 12.4. The van der Waals surface area contributed by atoms with E-state index in [1.54, 1.807) is 54.9 Å². The van der Waals surface area contributed by atoms with E-state index in [1.165, 1.54) is 4.90 Å². The summed E-state index contributed by atoms with van der Waals surface area (Å²) in [4.78, 5) is 25.9. The number of nitrogens with zero attached hydrogens (tertiary/aromatic N) is 1. The van der Waals surface area contributed by atoms with Crippen molar-refractivity contribution in [2.75, 3.05) is 0 Å². The van der Waals surface area contributed by atoms with E-state index in [2.05, 4.69) is 0 Å². The minimum absolute atomic E-state index is 0.0577. The van der Waals surface area contributed by atoms with Gasteiger partial charge in [0.05, 0.1) is 0 Å². The normalized spacial score (nSPS) is 13.0. The van der Waals surface area contributed by atoms with Gasteiger partial charge in [-0.15, -0.1) is 0 Å². The van der Waals surface area contributed by atoms with Gasteiger partial charge in [-0.05, 0) is 35.9 Å². The van der Waals surface area contributed by atoms with Crippen molar-refractivity contribution in [2.24, 2.45) is 0 Å². The standard InChI is InChI=1S/C20H15NO2/c22-19(17-7-3-1-4-8-17)15-16-11-13-21(14-12-16)20(23)18-9-5-2-6-10-18/h1-15H. The molecule has 1 aliphatic rings. The fraction of sp³-hybridized carbons (Fsp3) is 0. The SMILES string of the molecule is O=C(C=C1C=CN(C(=O)c2ccccc2)C=C1)c1ccccc1. The van der Waals surface area contributed by atoms with E-state index in [1.807, 2.05) is 36.4 Å². The van der Waals surface area contributed by atoms with E-state index in [4.69, 9.17) is 0 Å². The van der Waals surface area contributed by atoms with Gasteiger partial charge >= 0.3 is 0 Å². The Kier molecular flexibility index (Phi) is 4.29. The molecule has 3 rings (SSSR count). The largest absolute Gasteiger partial charge is 0.291 e. The van der Waals surface area contributed by atoms with Gasteiger partial charge in [-0.1, -0.05) is 48.5 Å². The third kappa shape index (κ3) is 3.52. The van der Waals surface area contributed by atoms with Crippen LogP contribution in [0.4, 0.5) is 0 Å². The smallest absolute Gasteiger partial charge is 0.261 e. The summed E-state index contributed by atoms with van der Waals surface area (Å²) in [5.41, 5.74) is 2.02. The number of carbonyl (C=O) groups excluding carboxylic acids is 2. The number of hydrogen-bond acceptors (Lipinski definition) is 2. The molecule has 1 heterocycles. The summed E-state index contributed by atoms with van der Waals surface area (Å²) in [5.74, 6) is -0.163. The zero-order valence-corrected chi connectivity index (χ0v) is 12.4. The lowest BCUT2D eigenvalue weighted by Gasteiger charge is -2.16. The van der Waals surface area contributed by atoms with Gasteiger partial charge in [-0.2, -0.15) is 0 Å². The molecular formula is C20H15NO2. The van der Waals surface area contributed by atoms with Crippen LogP contribution in [0.1, 0.15) is 20.7 Å². The van der Waals surface area contributed by atoms with Crippen LogP contribution in [0.3, 0.4) is 0 Å². The minimum Gasteiger partial charge on any atom is -0.291 e. The number of rotatable bonds is 3. The Bertz CT molecular complexity index is 786. The molecule has 3 nitrogen and oxygen atoms in total. The highest BCUT2D eigenvalue weighted by Gasteiger charge is 2.13. The Morgan fingerprint density at radius 2 is 1.26 bits per heavy atom. The van der Waals surface area contributed by atoms with E-state index in [-0.39, 0.29) is 11.7 Å². The maximum Gasteiger partial charge on any atom is 0.261 e. The average molecular weight is 301 g/mol. The van der Waals surface area contributed by atoms with Crippen molar-refractivity contribution >= 4 is 11.7 Å². The van der Waals surface area contributed by atoms with Crippen molar-refractivity contribution in [1.29, 1.82) is 0 Å². The second-order valence-corrected chi connectivity index (χ2v) is 5.08. The minimum atomic E-state index is -0.105. The quantitative estimate of drug-likeness (QED) is 0.635. The molecule has 1 aliphatic heterocycles. The molecule has 0 bridgehead atoms. The van der Waals surface area contributed by atoms with Crippen LogP contribution in [-0.4, -0.2) is 16.6 Å². The predicted octanol–water partition coefficient (Wildman–Crippen LogP) is 3.98. The Balaban J connectivity index is 1.72. The van der Waals surface area contributed by atoms with Crippen LogP contribution in [0, 0.1) is 0 Å². The lowest BCUT2D eigenvalue weighted by Crippen LogP contribution is -2.21. The number of amides is 1. The lowest BCUT2D eigenvalue weighted by molar-refractivity contribution is 0.0868. The molecule has 0 atom stereocenters. The molecule has 0 N–H and O–H groups in total. The van der Waals surface area contributed by atoms with Gasteiger partial charge < -0.3 is 0 Å². The third-order valence-corrected chi connectivity index (χ3v) is 3.47. The van der Waals surface area contributed by atoms with Crippen molar-refractivity contribution < 1.29 is 9.59 Å². The maximum absolute atomic E-state index is 12.3. The first-order valence-corrected chi connectivity index (χ1v) is 7.29. The summed E-state index contributed by atoms with van der Waals surface area (Å²) in [6.07, 6.45) is 8.40. The number of carbonyl (C=O) groups is 2. The van der Waals surface area contributed by atoms with Crippen molar-refractivity contribution in [2.45, 2.75) is 0 Å². The number of allylic oxidation sites excluding steroid dienone is 4. The van der Waals surface area contributed by atoms with E-state index in [0.717, 1.165) is 5.57 Å². The first-order valence-electron chi connectivity index (χ1n) is 7.29. The first-order chi connectivity index (χ1) is 11.2. The van der Waals surface area contributed by atoms with Crippen molar-refractivity contribution in [3.8, 4) is 0 Å². The van der Waals surface area contributed by atoms with E-state index < -0.39 is 0 Å². The van der Waals surface area contributed by atoms with Gasteiger partial charge in [0.15, 0.2) is 5.78 Å². The molecule has 0 aromatic heterocycles. The molecule has 23 heavy (non-hydrogen) atoms. The highest BCUT2D eigenvalue weighted by molar-refractivity contribution is 6.05. The molecule has 2 aromatic rings. The Hall–Kier alpha value is -3.20.